The van der Waals surface area contributed by atoms with E-state index in [1.54, 1.807) is 4.68 Å². The standard InChI is InChI=1S/C14H25N5O/c1-3-4-7-16-14(20)11(2)19-10-13(17-18-19)9-15-8-12-5-6-12/h10-12,15H,3-9H2,1-2H3,(H,16,20). The summed E-state index contributed by atoms with van der Waals surface area (Å²) >= 11 is 0. The van der Waals surface area contributed by atoms with E-state index >= 15 is 0 Å². The Bertz CT molecular complexity index is 427. The minimum atomic E-state index is -0.309. The van der Waals surface area contributed by atoms with Crippen molar-refractivity contribution in [1.29, 1.82) is 0 Å². The van der Waals surface area contributed by atoms with Crippen molar-refractivity contribution in [3.8, 4) is 0 Å². The molecule has 6 heteroatoms. The fraction of sp³-hybridized carbons (Fsp3) is 0.786. The quantitative estimate of drug-likeness (QED) is 0.667. The van der Waals surface area contributed by atoms with E-state index in [0.717, 1.165) is 44.1 Å². The van der Waals surface area contributed by atoms with Crippen molar-refractivity contribution >= 4 is 5.91 Å². The SMILES string of the molecule is CCCCNC(=O)C(C)n1cc(CNCC2CC2)nn1. The molecule has 0 radical (unpaired) electrons. The summed E-state index contributed by atoms with van der Waals surface area (Å²) in [7, 11) is 0. The third-order valence-electron chi connectivity index (χ3n) is 3.60. The molecule has 0 aliphatic heterocycles. The fourth-order valence-electron chi connectivity index (χ4n) is 1.97. The second-order valence-corrected chi connectivity index (χ2v) is 5.58. The number of carbonyl (C=O) groups excluding carboxylic acids is 1. The van der Waals surface area contributed by atoms with Gasteiger partial charge < -0.3 is 10.6 Å². The van der Waals surface area contributed by atoms with Crippen LogP contribution in [0, 0.1) is 5.92 Å². The van der Waals surface area contributed by atoms with Crippen LogP contribution in [0.1, 0.15) is 51.3 Å². The van der Waals surface area contributed by atoms with Crippen molar-refractivity contribution in [2.24, 2.45) is 5.92 Å². The van der Waals surface area contributed by atoms with Crippen molar-refractivity contribution in [3.05, 3.63) is 11.9 Å². The first-order valence-corrected chi connectivity index (χ1v) is 7.59. The molecule has 20 heavy (non-hydrogen) atoms. The maximum Gasteiger partial charge on any atom is 0.244 e. The van der Waals surface area contributed by atoms with Crippen LogP contribution < -0.4 is 10.6 Å². The van der Waals surface area contributed by atoms with Crippen LogP contribution in [0.4, 0.5) is 0 Å². The largest absolute Gasteiger partial charge is 0.354 e. The molecule has 112 valence electrons. The van der Waals surface area contributed by atoms with Gasteiger partial charge in [-0.3, -0.25) is 4.79 Å². The highest BCUT2D eigenvalue weighted by atomic mass is 16.2. The smallest absolute Gasteiger partial charge is 0.244 e. The van der Waals surface area contributed by atoms with E-state index in [1.165, 1.54) is 12.8 Å². The van der Waals surface area contributed by atoms with Crippen LogP contribution >= 0.6 is 0 Å². The Balaban J connectivity index is 1.75. The number of unbranched alkanes of at least 4 members (excludes halogenated alkanes) is 1. The fourth-order valence-corrected chi connectivity index (χ4v) is 1.97. The molecule has 1 atom stereocenters. The molecule has 2 rings (SSSR count). The highest BCUT2D eigenvalue weighted by Crippen LogP contribution is 2.27. The molecule has 1 unspecified atom stereocenters. The third-order valence-corrected chi connectivity index (χ3v) is 3.60. The molecule has 0 saturated heterocycles. The number of nitrogens with zero attached hydrogens (tertiary/aromatic N) is 3. The predicted molar refractivity (Wildman–Crippen MR) is 77.1 cm³/mol. The molecule has 1 fully saturated rings. The zero-order valence-electron chi connectivity index (χ0n) is 12.4. The summed E-state index contributed by atoms with van der Waals surface area (Å²) < 4.78 is 1.63. The average molecular weight is 279 g/mol. The third kappa shape index (κ3) is 4.59. The van der Waals surface area contributed by atoms with Gasteiger partial charge in [0.2, 0.25) is 5.91 Å². The highest BCUT2D eigenvalue weighted by Gasteiger charge is 2.20. The molecule has 1 aliphatic rings. The second-order valence-electron chi connectivity index (χ2n) is 5.58. The number of rotatable bonds is 9. The van der Waals surface area contributed by atoms with E-state index in [2.05, 4.69) is 27.9 Å². The van der Waals surface area contributed by atoms with Gasteiger partial charge in [-0.05, 0) is 38.6 Å². The Kier molecular flexibility index (Phi) is 5.52. The van der Waals surface area contributed by atoms with Gasteiger partial charge >= 0.3 is 0 Å². The van der Waals surface area contributed by atoms with Crippen molar-refractivity contribution < 1.29 is 4.79 Å². The summed E-state index contributed by atoms with van der Waals surface area (Å²) in [5.41, 5.74) is 0.888. The summed E-state index contributed by atoms with van der Waals surface area (Å²) in [6.07, 6.45) is 6.62. The predicted octanol–water partition coefficient (Wildman–Crippen LogP) is 1.25. The van der Waals surface area contributed by atoms with E-state index in [9.17, 15) is 4.79 Å². The summed E-state index contributed by atoms with van der Waals surface area (Å²) in [4.78, 5) is 11.9. The zero-order valence-corrected chi connectivity index (χ0v) is 12.4. The van der Waals surface area contributed by atoms with Crippen molar-refractivity contribution in [2.45, 2.75) is 52.1 Å². The number of hydrogen-bond donors (Lipinski definition) is 2. The lowest BCUT2D eigenvalue weighted by Crippen LogP contribution is -2.32. The Labute approximate surface area is 120 Å². The lowest BCUT2D eigenvalue weighted by molar-refractivity contribution is -0.124. The van der Waals surface area contributed by atoms with Gasteiger partial charge in [0.25, 0.3) is 0 Å². The number of nitrogens with one attached hydrogen (secondary N) is 2. The van der Waals surface area contributed by atoms with Crippen molar-refractivity contribution in [3.63, 3.8) is 0 Å². The minimum Gasteiger partial charge on any atom is -0.354 e. The molecule has 1 saturated carbocycles. The molecule has 6 nitrogen and oxygen atoms in total. The van der Waals surface area contributed by atoms with E-state index in [1.807, 2.05) is 13.1 Å². The zero-order chi connectivity index (χ0) is 14.4. The Morgan fingerprint density at radius 1 is 1.55 bits per heavy atom. The van der Waals surface area contributed by atoms with Gasteiger partial charge in [-0.1, -0.05) is 18.6 Å². The second kappa shape index (κ2) is 7.38. The number of aromatic nitrogens is 3. The molecule has 2 N–H and O–H groups in total. The van der Waals surface area contributed by atoms with Gasteiger partial charge in [-0.15, -0.1) is 5.10 Å². The van der Waals surface area contributed by atoms with Crippen LogP contribution in [-0.4, -0.2) is 34.0 Å². The number of carbonyl (C=O) groups is 1. The van der Waals surface area contributed by atoms with Crippen LogP contribution in [-0.2, 0) is 11.3 Å². The summed E-state index contributed by atoms with van der Waals surface area (Å²) in [5, 5.41) is 14.4. The van der Waals surface area contributed by atoms with Gasteiger partial charge in [-0.25, -0.2) is 4.68 Å². The van der Waals surface area contributed by atoms with Crippen LogP contribution in [0.2, 0.25) is 0 Å². The molecule has 0 spiro atoms. The van der Waals surface area contributed by atoms with E-state index in [4.69, 9.17) is 0 Å². The maximum atomic E-state index is 11.9. The highest BCUT2D eigenvalue weighted by molar-refractivity contribution is 5.79. The Morgan fingerprint density at radius 3 is 3.05 bits per heavy atom. The van der Waals surface area contributed by atoms with Gasteiger partial charge in [0.05, 0.1) is 11.9 Å². The lowest BCUT2D eigenvalue weighted by Gasteiger charge is -2.11. The normalized spacial score (nSPS) is 16.1. The van der Waals surface area contributed by atoms with Gasteiger partial charge in [0.15, 0.2) is 0 Å². The Hall–Kier alpha value is -1.43. The van der Waals surface area contributed by atoms with Crippen molar-refractivity contribution in [1.82, 2.24) is 25.6 Å². The molecule has 1 amide bonds. The molecule has 0 aromatic carbocycles. The molecule has 1 aliphatic carbocycles. The van der Waals surface area contributed by atoms with Crippen LogP contribution in [0.3, 0.4) is 0 Å². The molecular formula is C14H25N5O. The van der Waals surface area contributed by atoms with E-state index in [0.29, 0.717) is 0 Å². The molecule has 0 bridgehead atoms. The van der Waals surface area contributed by atoms with Crippen LogP contribution in [0.25, 0.3) is 0 Å². The minimum absolute atomic E-state index is 0.000777. The van der Waals surface area contributed by atoms with Crippen LogP contribution in [0.5, 0.6) is 0 Å². The summed E-state index contributed by atoms with van der Waals surface area (Å²) in [5.74, 6) is 0.856. The first-order chi connectivity index (χ1) is 9.70. The molecule has 1 aromatic rings. The van der Waals surface area contributed by atoms with Gasteiger partial charge in [0, 0.05) is 13.1 Å². The monoisotopic (exact) mass is 279 g/mol. The van der Waals surface area contributed by atoms with Crippen LogP contribution in [0.15, 0.2) is 6.20 Å². The number of hydrogen-bond acceptors (Lipinski definition) is 4. The van der Waals surface area contributed by atoms with Gasteiger partial charge in [0.1, 0.15) is 6.04 Å². The average Bonchev–Trinajstić information content (AvgIpc) is 3.14. The summed E-state index contributed by atoms with van der Waals surface area (Å²) in [6, 6.07) is -0.309. The topological polar surface area (TPSA) is 71.8 Å². The van der Waals surface area contributed by atoms with Gasteiger partial charge in [-0.2, -0.15) is 0 Å². The van der Waals surface area contributed by atoms with E-state index in [-0.39, 0.29) is 11.9 Å². The first-order valence-electron chi connectivity index (χ1n) is 7.59. The van der Waals surface area contributed by atoms with Crippen molar-refractivity contribution in [2.75, 3.05) is 13.1 Å². The molecule has 1 heterocycles. The summed E-state index contributed by atoms with van der Waals surface area (Å²) in [6.45, 7) is 6.45. The Morgan fingerprint density at radius 2 is 2.35 bits per heavy atom. The van der Waals surface area contributed by atoms with E-state index < -0.39 is 0 Å². The number of amides is 1. The lowest BCUT2D eigenvalue weighted by atomic mass is 10.3. The molecular weight excluding hydrogens is 254 g/mol. The maximum absolute atomic E-state index is 11.9. The molecule has 1 aromatic heterocycles. The first kappa shape index (κ1) is 15.0.